The Labute approximate surface area is 171 Å². The van der Waals surface area contributed by atoms with E-state index in [1.165, 1.54) is 11.8 Å². The Bertz CT molecular complexity index is 1030. The number of thioether (sulfide) groups is 1. The maximum Gasteiger partial charge on any atom is 0.262 e. The third kappa shape index (κ3) is 4.06. The number of fused-ring (bicyclic) bond motifs is 1. The first-order chi connectivity index (χ1) is 13.7. The summed E-state index contributed by atoms with van der Waals surface area (Å²) in [6.45, 7) is 4.07. The Kier molecular flexibility index (Phi) is 5.93. The number of aromatic nitrogens is 6. The average Bonchev–Trinajstić information content (AvgIpc) is 3.35. The van der Waals surface area contributed by atoms with Gasteiger partial charge in [0, 0.05) is 18.2 Å². The zero-order valence-electron chi connectivity index (χ0n) is 15.5. The number of halogens is 1. The maximum atomic E-state index is 13.1. The molecule has 0 bridgehead atoms. The van der Waals surface area contributed by atoms with Crippen LogP contribution in [0.5, 0.6) is 0 Å². The second kappa shape index (κ2) is 8.59. The third-order valence-electron chi connectivity index (χ3n) is 4.66. The van der Waals surface area contributed by atoms with Crippen LogP contribution in [0.15, 0.2) is 28.2 Å². The second-order valence-corrected chi connectivity index (χ2v) is 8.09. The molecule has 1 aromatic carbocycles. The Balaban J connectivity index is 1.69. The van der Waals surface area contributed by atoms with Crippen LogP contribution in [0, 0.1) is 0 Å². The van der Waals surface area contributed by atoms with Gasteiger partial charge in [0.1, 0.15) is 0 Å². The summed E-state index contributed by atoms with van der Waals surface area (Å²) >= 11 is 7.56. The Morgan fingerprint density at radius 2 is 2.29 bits per heavy atom. The number of hydrogen-bond donors (Lipinski definition) is 0. The van der Waals surface area contributed by atoms with E-state index in [4.69, 9.17) is 21.3 Å². The fraction of sp³-hybridized carbons (Fsp3) is 0.500. The number of tetrazole rings is 1. The average molecular weight is 421 g/mol. The summed E-state index contributed by atoms with van der Waals surface area (Å²) in [6.07, 6.45) is 2.95. The first-order valence-corrected chi connectivity index (χ1v) is 10.7. The lowest BCUT2D eigenvalue weighted by molar-refractivity contribution is 0.0937. The molecule has 10 heteroatoms. The normalized spacial score (nSPS) is 16.9. The predicted octanol–water partition coefficient (Wildman–Crippen LogP) is 2.92. The van der Waals surface area contributed by atoms with Gasteiger partial charge >= 0.3 is 0 Å². The summed E-state index contributed by atoms with van der Waals surface area (Å²) in [5.41, 5.74) is 0.518. The number of benzene rings is 1. The van der Waals surface area contributed by atoms with Crippen molar-refractivity contribution in [3.05, 3.63) is 39.4 Å². The highest BCUT2D eigenvalue weighted by atomic mass is 35.5. The molecule has 1 atom stereocenters. The van der Waals surface area contributed by atoms with Gasteiger partial charge in [-0.25, -0.2) is 9.67 Å². The van der Waals surface area contributed by atoms with E-state index in [1.54, 1.807) is 27.4 Å². The van der Waals surface area contributed by atoms with Crippen LogP contribution in [0.25, 0.3) is 10.9 Å². The Hall–Kier alpha value is -1.97. The number of ether oxygens (including phenoxy) is 1. The zero-order chi connectivity index (χ0) is 19.5. The highest BCUT2D eigenvalue weighted by molar-refractivity contribution is 7.98. The van der Waals surface area contributed by atoms with Gasteiger partial charge in [-0.15, -0.1) is 5.10 Å². The van der Waals surface area contributed by atoms with Crippen molar-refractivity contribution in [2.24, 2.45) is 0 Å². The molecule has 3 heterocycles. The van der Waals surface area contributed by atoms with E-state index in [1.807, 2.05) is 0 Å². The number of aryl methyl sites for hydroxylation is 1. The lowest BCUT2D eigenvalue weighted by atomic mass is 10.2. The molecule has 0 N–H and O–H groups in total. The fourth-order valence-electron chi connectivity index (χ4n) is 3.28. The van der Waals surface area contributed by atoms with Crippen LogP contribution < -0.4 is 5.56 Å². The summed E-state index contributed by atoms with van der Waals surface area (Å²) in [5.74, 6) is 1.28. The maximum absolute atomic E-state index is 13.1. The van der Waals surface area contributed by atoms with Crippen LogP contribution in [-0.4, -0.2) is 42.5 Å². The molecule has 0 spiro atoms. The fourth-order valence-corrected chi connectivity index (χ4v) is 4.39. The number of rotatable bonds is 7. The van der Waals surface area contributed by atoms with E-state index in [2.05, 4.69) is 22.4 Å². The standard InChI is InChI=1S/C18H21ClN6O2S/c1-2-7-25-16(21-22-23-25)11-28-18-20-15-9-12(19)5-6-14(15)17(26)24(18)10-13-4-3-8-27-13/h5-6,9,13H,2-4,7-8,10-11H2,1H3/t13-/m0/s1. The van der Waals surface area contributed by atoms with Crippen LogP contribution in [0.1, 0.15) is 32.0 Å². The summed E-state index contributed by atoms with van der Waals surface area (Å²) < 4.78 is 9.24. The minimum Gasteiger partial charge on any atom is -0.376 e. The van der Waals surface area contributed by atoms with Gasteiger partial charge in [-0.2, -0.15) is 0 Å². The smallest absolute Gasteiger partial charge is 0.262 e. The van der Waals surface area contributed by atoms with E-state index in [0.29, 0.717) is 33.4 Å². The monoisotopic (exact) mass is 420 g/mol. The zero-order valence-corrected chi connectivity index (χ0v) is 17.1. The summed E-state index contributed by atoms with van der Waals surface area (Å²) in [6, 6.07) is 5.17. The van der Waals surface area contributed by atoms with Crippen LogP contribution in [-0.2, 0) is 23.6 Å². The van der Waals surface area contributed by atoms with Crippen molar-refractivity contribution in [3.8, 4) is 0 Å². The SMILES string of the molecule is CCCn1nnnc1CSc1nc2cc(Cl)ccc2c(=O)n1C[C@@H]1CCCO1. The molecule has 4 rings (SSSR count). The molecule has 8 nitrogen and oxygen atoms in total. The van der Waals surface area contributed by atoms with E-state index >= 15 is 0 Å². The molecule has 1 fully saturated rings. The van der Waals surface area contributed by atoms with E-state index in [-0.39, 0.29) is 11.7 Å². The summed E-state index contributed by atoms with van der Waals surface area (Å²) in [4.78, 5) is 17.9. The highest BCUT2D eigenvalue weighted by Gasteiger charge is 2.21. The molecule has 148 valence electrons. The van der Waals surface area contributed by atoms with Gasteiger partial charge < -0.3 is 4.74 Å². The van der Waals surface area contributed by atoms with Crippen molar-refractivity contribution < 1.29 is 4.74 Å². The van der Waals surface area contributed by atoms with Crippen LogP contribution in [0.3, 0.4) is 0 Å². The van der Waals surface area contributed by atoms with Gasteiger partial charge in [-0.1, -0.05) is 30.3 Å². The number of hydrogen-bond acceptors (Lipinski definition) is 7. The third-order valence-corrected chi connectivity index (χ3v) is 5.87. The van der Waals surface area contributed by atoms with Gasteiger partial charge in [0.2, 0.25) is 0 Å². The molecule has 3 aromatic rings. The molecule has 0 unspecified atom stereocenters. The predicted molar refractivity (Wildman–Crippen MR) is 108 cm³/mol. The van der Waals surface area contributed by atoms with Crippen molar-refractivity contribution >= 4 is 34.3 Å². The van der Waals surface area contributed by atoms with Crippen molar-refractivity contribution in [1.29, 1.82) is 0 Å². The van der Waals surface area contributed by atoms with Crippen molar-refractivity contribution in [3.63, 3.8) is 0 Å². The largest absolute Gasteiger partial charge is 0.376 e. The first-order valence-electron chi connectivity index (χ1n) is 9.35. The van der Waals surface area contributed by atoms with Crippen molar-refractivity contribution in [1.82, 2.24) is 29.8 Å². The van der Waals surface area contributed by atoms with Crippen molar-refractivity contribution in [2.75, 3.05) is 6.61 Å². The molecule has 1 aliphatic rings. The van der Waals surface area contributed by atoms with Crippen LogP contribution in [0.4, 0.5) is 0 Å². The van der Waals surface area contributed by atoms with Gasteiger partial charge in [-0.3, -0.25) is 9.36 Å². The molecule has 0 saturated carbocycles. The van der Waals surface area contributed by atoms with Crippen LogP contribution >= 0.6 is 23.4 Å². The van der Waals surface area contributed by atoms with Gasteiger partial charge in [0.25, 0.3) is 5.56 Å². The van der Waals surface area contributed by atoms with Crippen molar-refractivity contribution in [2.45, 2.75) is 56.3 Å². The highest BCUT2D eigenvalue weighted by Crippen LogP contribution is 2.24. The summed E-state index contributed by atoms with van der Waals surface area (Å²) in [7, 11) is 0. The van der Waals surface area contributed by atoms with E-state index in [0.717, 1.165) is 38.2 Å². The lowest BCUT2D eigenvalue weighted by Gasteiger charge is -2.16. The quantitative estimate of drug-likeness (QED) is 0.429. The summed E-state index contributed by atoms with van der Waals surface area (Å²) in [5, 5.41) is 13.6. The minimum atomic E-state index is -0.0761. The molecule has 0 aliphatic carbocycles. The van der Waals surface area contributed by atoms with E-state index in [9.17, 15) is 4.79 Å². The Morgan fingerprint density at radius 1 is 1.39 bits per heavy atom. The molecule has 1 saturated heterocycles. The van der Waals surface area contributed by atoms with Gasteiger partial charge in [0.05, 0.1) is 29.3 Å². The molecule has 2 aromatic heterocycles. The topological polar surface area (TPSA) is 87.7 Å². The van der Waals surface area contributed by atoms with Gasteiger partial charge in [-0.05, 0) is 47.9 Å². The second-order valence-electron chi connectivity index (χ2n) is 6.71. The minimum absolute atomic E-state index is 0.0361. The Morgan fingerprint density at radius 3 is 3.07 bits per heavy atom. The molecule has 0 amide bonds. The van der Waals surface area contributed by atoms with E-state index < -0.39 is 0 Å². The van der Waals surface area contributed by atoms with Crippen LogP contribution in [0.2, 0.25) is 5.02 Å². The molecular weight excluding hydrogens is 400 g/mol. The molecule has 28 heavy (non-hydrogen) atoms. The first kappa shape index (κ1) is 19.4. The number of nitrogens with zero attached hydrogens (tertiary/aromatic N) is 6. The van der Waals surface area contributed by atoms with Gasteiger partial charge in [0.15, 0.2) is 11.0 Å². The molecular formula is C18H21ClN6O2S. The molecule has 0 radical (unpaired) electrons. The molecule has 1 aliphatic heterocycles. The lowest BCUT2D eigenvalue weighted by Crippen LogP contribution is -2.28.